The Bertz CT molecular complexity index is 874. The van der Waals surface area contributed by atoms with Crippen LogP contribution in [0.5, 0.6) is 0 Å². The second-order valence-corrected chi connectivity index (χ2v) is 7.20. The Morgan fingerprint density at radius 2 is 2.31 bits per heavy atom. The number of hydrogen-bond donors (Lipinski definition) is 1. The van der Waals surface area contributed by atoms with Gasteiger partial charge in [-0.1, -0.05) is 11.9 Å². The first-order chi connectivity index (χ1) is 12.4. The van der Waals surface area contributed by atoms with Crippen molar-refractivity contribution < 1.29 is 19.2 Å². The highest BCUT2D eigenvalue weighted by atomic mass is 32.1. The minimum Gasteiger partial charge on any atom is -0.465 e. The molecule has 0 radical (unpaired) electrons. The molecule has 1 aliphatic rings. The van der Waals surface area contributed by atoms with Crippen LogP contribution in [0.1, 0.15) is 34.1 Å². The Morgan fingerprint density at radius 3 is 2.96 bits per heavy atom. The zero-order valence-electron chi connectivity index (χ0n) is 14.2. The molecule has 1 amide bonds. The van der Waals surface area contributed by atoms with Crippen molar-refractivity contribution in [2.24, 2.45) is 5.92 Å². The Morgan fingerprint density at radius 1 is 1.54 bits per heavy atom. The fourth-order valence-corrected chi connectivity index (χ4v) is 4.33. The molecule has 3 rings (SSSR count). The summed E-state index contributed by atoms with van der Waals surface area (Å²) in [6, 6.07) is 0. The number of ether oxygens (including phenoxy) is 1. The van der Waals surface area contributed by atoms with Crippen molar-refractivity contribution in [3.05, 3.63) is 32.4 Å². The number of methoxy groups -OCH3 is 1. The lowest BCUT2D eigenvalue weighted by molar-refractivity contribution is -0.394. The van der Waals surface area contributed by atoms with Gasteiger partial charge in [0.25, 0.3) is 0 Å². The van der Waals surface area contributed by atoms with Crippen LogP contribution in [-0.4, -0.2) is 38.7 Å². The molecule has 1 N–H and O–H groups in total. The van der Waals surface area contributed by atoms with E-state index in [0.717, 1.165) is 40.7 Å². The summed E-state index contributed by atoms with van der Waals surface area (Å²) in [6.45, 7) is 1.90. The number of esters is 1. The fourth-order valence-electron chi connectivity index (χ4n) is 2.91. The van der Waals surface area contributed by atoms with Crippen LogP contribution in [0, 0.1) is 16.0 Å². The number of fused-ring (bicyclic) bond motifs is 1. The van der Waals surface area contributed by atoms with Crippen molar-refractivity contribution in [2.45, 2.75) is 32.7 Å². The highest BCUT2D eigenvalue weighted by Gasteiger charge is 2.29. The summed E-state index contributed by atoms with van der Waals surface area (Å²) < 4.78 is 5.94. The van der Waals surface area contributed by atoms with Crippen molar-refractivity contribution >= 4 is 34.2 Å². The number of anilines is 1. The second-order valence-electron chi connectivity index (χ2n) is 6.09. The Balaban J connectivity index is 1.80. The number of aromatic nitrogens is 3. The molecule has 1 atom stereocenters. The molecule has 1 aliphatic carbocycles. The number of hydrogen-bond acceptors (Lipinski definition) is 8. The summed E-state index contributed by atoms with van der Waals surface area (Å²) in [5.74, 6) is -0.995. The third-order valence-corrected chi connectivity index (χ3v) is 5.32. The predicted molar refractivity (Wildman–Crippen MR) is 92.2 cm³/mol. The van der Waals surface area contributed by atoms with E-state index in [9.17, 15) is 19.7 Å². The number of rotatable bonds is 5. The summed E-state index contributed by atoms with van der Waals surface area (Å²) in [6.07, 6.45) is 3.71. The smallest absolute Gasteiger partial charge is 0.465 e. The van der Waals surface area contributed by atoms with Gasteiger partial charge in [-0.05, 0) is 35.7 Å². The molecule has 0 bridgehead atoms. The van der Waals surface area contributed by atoms with Gasteiger partial charge in [0.1, 0.15) is 11.5 Å². The van der Waals surface area contributed by atoms with Crippen LogP contribution in [0.2, 0.25) is 0 Å². The van der Waals surface area contributed by atoms with E-state index in [1.54, 1.807) is 0 Å². The maximum atomic E-state index is 12.3. The summed E-state index contributed by atoms with van der Waals surface area (Å²) in [4.78, 5) is 38.9. The van der Waals surface area contributed by atoms with E-state index >= 15 is 0 Å². The lowest BCUT2D eigenvalue weighted by Crippen LogP contribution is -2.20. The molecular formula is C15H17N5O5S. The Kier molecular flexibility index (Phi) is 4.98. The van der Waals surface area contributed by atoms with Gasteiger partial charge in [0.2, 0.25) is 12.2 Å². The molecule has 2 heterocycles. The molecule has 2 aromatic heterocycles. The van der Waals surface area contributed by atoms with E-state index in [1.807, 2.05) is 0 Å². The SMILES string of the molecule is COC(=O)c1c(NC(=O)Cn2cnc([N+](=O)[O-])n2)sc2c1CC[C@@H](C)C2. The molecular weight excluding hydrogens is 362 g/mol. The molecule has 138 valence electrons. The van der Waals surface area contributed by atoms with Crippen molar-refractivity contribution in [3.8, 4) is 0 Å². The molecule has 0 aromatic carbocycles. The number of nitrogens with zero attached hydrogens (tertiary/aromatic N) is 4. The maximum Gasteiger partial charge on any atom is 0.490 e. The first kappa shape index (κ1) is 18.0. The average Bonchev–Trinajstić information content (AvgIpc) is 3.18. The summed E-state index contributed by atoms with van der Waals surface area (Å²) in [5, 5.41) is 17.3. The van der Waals surface area contributed by atoms with Crippen molar-refractivity contribution in [3.63, 3.8) is 0 Å². The normalized spacial score (nSPS) is 16.0. The molecule has 0 spiro atoms. The van der Waals surface area contributed by atoms with Crippen LogP contribution in [0.15, 0.2) is 6.33 Å². The first-order valence-electron chi connectivity index (χ1n) is 7.95. The van der Waals surface area contributed by atoms with E-state index in [1.165, 1.54) is 18.4 Å². The number of nitro groups is 1. The predicted octanol–water partition coefficient (Wildman–Crippen LogP) is 1.80. The van der Waals surface area contributed by atoms with Gasteiger partial charge in [-0.2, -0.15) is 4.68 Å². The van der Waals surface area contributed by atoms with Gasteiger partial charge in [0, 0.05) is 9.98 Å². The van der Waals surface area contributed by atoms with Gasteiger partial charge >= 0.3 is 11.9 Å². The molecule has 0 aliphatic heterocycles. The summed E-state index contributed by atoms with van der Waals surface area (Å²) in [7, 11) is 1.30. The number of nitrogens with one attached hydrogen (secondary N) is 1. The third-order valence-electron chi connectivity index (χ3n) is 4.15. The van der Waals surface area contributed by atoms with Crippen molar-refractivity contribution in [1.29, 1.82) is 0 Å². The van der Waals surface area contributed by atoms with Crippen LogP contribution in [0.3, 0.4) is 0 Å². The highest BCUT2D eigenvalue weighted by Crippen LogP contribution is 2.40. The Hall–Kier alpha value is -2.82. The molecule has 2 aromatic rings. The molecule has 0 saturated heterocycles. The van der Waals surface area contributed by atoms with E-state index in [4.69, 9.17) is 4.74 Å². The molecule has 10 nitrogen and oxygen atoms in total. The average molecular weight is 379 g/mol. The van der Waals surface area contributed by atoms with Crippen LogP contribution in [0.25, 0.3) is 0 Å². The first-order valence-corrected chi connectivity index (χ1v) is 8.77. The highest BCUT2D eigenvalue weighted by molar-refractivity contribution is 7.17. The third kappa shape index (κ3) is 3.57. The number of carbonyl (C=O) groups is 2. The number of amides is 1. The monoisotopic (exact) mass is 379 g/mol. The van der Waals surface area contributed by atoms with E-state index in [0.29, 0.717) is 16.5 Å². The van der Waals surface area contributed by atoms with E-state index < -0.39 is 22.7 Å². The van der Waals surface area contributed by atoms with Gasteiger partial charge < -0.3 is 20.2 Å². The summed E-state index contributed by atoms with van der Waals surface area (Å²) >= 11 is 1.37. The standard InChI is InChI=1S/C15H17N5O5S/c1-8-3-4-9-10(5-8)26-13(12(9)14(22)25-2)17-11(21)6-19-7-16-15(18-19)20(23)24/h7-8H,3-6H2,1-2H3,(H,17,21)/t8-/m1/s1. The van der Waals surface area contributed by atoms with E-state index in [2.05, 4.69) is 22.3 Å². The minimum absolute atomic E-state index is 0.250. The van der Waals surface area contributed by atoms with Gasteiger partial charge in [-0.15, -0.1) is 11.3 Å². The molecule has 11 heteroatoms. The fraction of sp³-hybridized carbons (Fsp3) is 0.467. The van der Waals surface area contributed by atoms with Crippen LogP contribution in [-0.2, 0) is 28.9 Å². The number of carbonyl (C=O) groups excluding carboxylic acids is 2. The van der Waals surface area contributed by atoms with Crippen LogP contribution >= 0.6 is 11.3 Å². The topological polar surface area (TPSA) is 129 Å². The summed E-state index contributed by atoms with van der Waals surface area (Å²) in [5.41, 5.74) is 1.34. The zero-order chi connectivity index (χ0) is 18.8. The molecule has 0 fully saturated rings. The molecule has 0 saturated carbocycles. The van der Waals surface area contributed by atoms with Crippen molar-refractivity contribution in [1.82, 2.24) is 14.8 Å². The van der Waals surface area contributed by atoms with Gasteiger partial charge in [-0.3, -0.25) is 4.79 Å². The van der Waals surface area contributed by atoms with Gasteiger partial charge in [-0.25, -0.2) is 4.79 Å². The van der Waals surface area contributed by atoms with Gasteiger partial charge in [0.15, 0.2) is 0 Å². The van der Waals surface area contributed by atoms with Gasteiger partial charge in [0.05, 0.1) is 12.7 Å². The lowest BCUT2D eigenvalue weighted by Gasteiger charge is -2.18. The molecule has 26 heavy (non-hydrogen) atoms. The lowest BCUT2D eigenvalue weighted by atomic mass is 9.88. The van der Waals surface area contributed by atoms with Crippen molar-refractivity contribution in [2.75, 3.05) is 12.4 Å². The number of thiophene rings is 1. The second kappa shape index (κ2) is 7.20. The maximum absolute atomic E-state index is 12.3. The Labute approximate surface area is 152 Å². The largest absolute Gasteiger partial charge is 0.490 e. The minimum atomic E-state index is -0.738. The van der Waals surface area contributed by atoms with E-state index in [-0.39, 0.29) is 6.54 Å². The molecule has 0 unspecified atom stereocenters. The van der Waals surface area contributed by atoms with Crippen LogP contribution < -0.4 is 5.32 Å². The quantitative estimate of drug-likeness (QED) is 0.476. The van der Waals surface area contributed by atoms with Crippen LogP contribution in [0.4, 0.5) is 10.9 Å². The zero-order valence-corrected chi connectivity index (χ0v) is 15.0.